The van der Waals surface area contributed by atoms with Crippen molar-refractivity contribution in [1.82, 2.24) is 13.7 Å². The summed E-state index contributed by atoms with van der Waals surface area (Å²) >= 11 is 0. The minimum atomic E-state index is -0.165. The number of carbonyl (C=O) groups is 1. The van der Waals surface area contributed by atoms with Crippen LogP contribution in [0.1, 0.15) is 28.7 Å². The average Bonchev–Trinajstić information content (AvgIpc) is 3.42. The third kappa shape index (κ3) is 2.96. The molecule has 1 aliphatic heterocycles. The van der Waals surface area contributed by atoms with Gasteiger partial charge in [-0.25, -0.2) is 4.79 Å². The van der Waals surface area contributed by atoms with Gasteiger partial charge in [0.15, 0.2) is 17.3 Å². The van der Waals surface area contributed by atoms with Gasteiger partial charge >= 0.3 is 5.69 Å². The zero-order valence-electron chi connectivity index (χ0n) is 17.7. The molecule has 1 aliphatic rings. The van der Waals surface area contributed by atoms with Crippen molar-refractivity contribution in [3.05, 3.63) is 76.0 Å². The second kappa shape index (κ2) is 7.19. The molecule has 0 amide bonds. The van der Waals surface area contributed by atoms with Crippen LogP contribution in [0.2, 0.25) is 0 Å². The smallest absolute Gasteiger partial charge is 0.329 e. The number of Topliss-reactive ketones (excluding diaryl/α,β-unsaturated/α-hetero) is 1. The Morgan fingerprint density at radius 3 is 2.42 bits per heavy atom. The molecule has 0 bridgehead atoms. The van der Waals surface area contributed by atoms with Crippen molar-refractivity contribution in [2.75, 3.05) is 6.79 Å². The van der Waals surface area contributed by atoms with E-state index in [1.807, 2.05) is 73.9 Å². The molecule has 31 heavy (non-hydrogen) atoms. The summed E-state index contributed by atoms with van der Waals surface area (Å²) in [6.07, 6.45) is 0. The van der Waals surface area contributed by atoms with Crippen molar-refractivity contribution in [2.24, 2.45) is 0 Å². The minimum Gasteiger partial charge on any atom is -0.454 e. The maximum Gasteiger partial charge on any atom is 0.329 e. The van der Waals surface area contributed by atoms with E-state index < -0.39 is 0 Å². The number of fused-ring (bicyclic) bond motifs is 2. The number of imidazole rings is 1. The molecule has 0 radical (unpaired) electrons. The summed E-state index contributed by atoms with van der Waals surface area (Å²) < 4.78 is 16.2. The highest BCUT2D eigenvalue weighted by atomic mass is 16.7. The van der Waals surface area contributed by atoms with Crippen molar-refractivity contribution in [1.29, 1.82) is 0 Å². The van der Waals surface area contributed by atoms with Crippen LogP contribution in [0, 0.1) is 13.8 Å². The van der Waals surface area contributed by atoms with E-state index in [4.69, 9.17) is 9.47 Å². The van der Waals surface area contributed by atoms with Crippen LogP contribution in [0.15, 0.2) is 53.3 Å². The normalized spacial score (nSPS) is 12.6. The highest BCUT2D eigenvalue weighted by Gasteiger charge is 2.21. The van der Waals surface area contributed by atoms with Crippen molar-refractivity contribution in [2.45, 2.75) is 33.9 Å². The fraction of sp³-hybridized carbons (Fsp3) is 0.250. The summed E-state index contributed by atoms with van der Waals surface area (Å²) in [5.41, 5.74) is 4.72. The molecule has 7 nitrogen and oxygen atoms in total. The van der Waals surface area contributed by atoms with Gasteiger partial charge in [-0.2, -0.15) is 0 Å². The standard InChI is InChI=1S/C24H23N3O4/c1-4-25-19-7-5-6-8-20(19)26(24(25)29)13-21(28)18-11-15(2)27(16(18)3)17-9-10-22-23(12-17)31-14-30-22/h5-12H,4,13-14H2,1-3H3. The molecule has 2 aromatic heterocycles. The van der Waals surface area contributed by atoms with Crippen LogP contribution >= 0.6 is 0 Å². The van der Waals surface area contributed by atoms with Gasteiger partial charge in [0.05, 0.1) is 17.6 Å². The van der Waals surface area contributed by atoms with Crippen molar-refractivity contribution in [3.8, 4) is 17.2 Å². The highest BCUT2D eigenvalue weighted by molar-refractivity contribution is 5.98. The molecule has 158 valence electrons. The first kappa shape index (κ1) is 19.2. The van der Waals surface area contributed by atoms with Crippen LogP contribution in [0.25, 0.3) is 16.7 Å². The molecule has 2 aromatic carbocycles. The first-order valence-corrected chi connectivity index (χ1v) is 10.3. The molecule has 0 unspecified atom stereocenters. The Hall–Kier alpha value is -3.74. The molecule has 0 aliphatic carbocycles. The molecule has 5 rings (SSSR count). The summed E-state index contributed by atoms with van der Waals surface area (Å²) in [6.45, 7) is 6.58. The van der Waals surface area contributed by atoms with Crippen molar-refractivity contribution in [3.63, 3.8) is 0 Å². The minimum absolute atomic E-state index is 0.00220. The number of hydrogen-bond donors (Lipinski definition) is 0. The number of para-hydroxylation sites is 2. The Bertz CT molecular complexity index is 1390. The number of aryl methyl sites for hydroxylation is 2. The van der Waals surface area contributed by atoms with E-state index in [1.54, 1.807) is 9.13 Å². The molecule has 0 saturated carbocycles. The predicted octanol–water partition coefficient (Wildman–Crippen LogP) is 3.84. The Morgan fingerprint density at radius 2 is 1.68 bits per heavy atom. The van der Waals surface area contributed by atoms with Gasteiger partial charge in [-0.1, -0.05) is 12.1 Å². The summed E-state index contributed by atoms with van der Waals surface area (Å²) in [5.74, 6) is 1.31. The van der Waals surface area contributed by atoms with Crippen LogP contribution in [0.4, 0.5) is 0 Å². The van der Waals surface area contributed by atoms with Gasteiger partial charge in [-0.3, -0.25) is 13.9 Å². The first-order chi connectivity index (χ1) is 15.0. The number of carbonyl (C=O) groups excluding carboxylic acids is 1. The maximum atomic E-state index is 13.3. The van der Waals surface area contributed by atoms with E-state index in [0.717, 1.165) is 28.1 Å². The number of ketones is 1. The van der Waals surface area contributed by atoms with Gasteiger partial charge in [-0.15, -0.1) is 0 Å². The first-order valence-electron chi connectivity index (χ1n) is 10.3. The number of aromatic nitrogens is 3. The number of hydrogen-bond acceptors (Lipinski definition) is 4. The third-order valence-corrected chi connectivity index (χ3v) is 5.89. The van der Waals surface area contributed by atoms with E-state index in [0.29, 0.717) is 23.6 Å². The van der Waals surface area contributed by atoms with Gasteiger partial charge < -0.3 is 14.0 Å². The summed E-state index contributed by atoms with van der Waals surface area (Å²) in [6, 6.07) is 15.2. The lowest BCUT2D eigenvalue weighted by Crippen LogP contribution is -2.26. The molecular weight excluding hydrogens is 394 g/mol. The SMILES string of the molecule is CCn1c(=O)n(CC(=O)c2cc(C)n(-c3ccc4c(c3)OCO4)c2C)c2ccccc21. The molecular formula is C24H23N3O4. The third-order valence-electron chi connectivity index (χ3n) is 5.89. The second-order valence-electron chi connectivity index (χ2n) is 7.68. The fourth-order valence-electron chi connectivity index (χ4n) is 4.43. The lowest BCUT2D eigenvalue weighted by molar-refractivity contribution is 0.0971. The zero-order valence-corrected chi connectivity index (χ0v) is 17.7. The van der Waals surface area contributed by atoms with E-state index in [-0.39, 0.29) is 24.8 Å². The lowest BCUT2D eigenvalue weighted by Gasteiger charge is -2.11. The van der Waals surface area contributed by atoms with Crippen LogP contribution in [0.3, 0.4) is 0 Å². The number of ether oxygens (including phenoxy) is 2. The van der Waals surface area contributed by atoms with Crippen LogP contribution < -0.4 is 15.2 Å². The van der Waals surface area contributed by atoms with Gasteiger partial charge in [0.25, 0.3) is 0 Å². The van der Waals surface area contributed by atoms with Gasteiger partial charge in [0, 0.05) is 35.2 Å². The zero-order chi connectivity index (χ0) is 21.7. The summed E-state index contributed by atoms with van der Waals surface area (Å²) in [7, 11) is 0. The molecule has 0 spiro atoms. The Kier molecular flexibility index (Phi) is 4.46. The van der Waals surface area contributed by atoms with Crippen LogP contribution in [-0.2, 0) is 13.1 Å². The monoisotopic (exact) mass is 417 g/mol. The van der Waals surface area contributed by atoms with E-state index in [9.17, 15) is 9.59 Å². The predicted molar refractivity (Wildman–Crippen MR) is 118 cm³/mol. The van der Waals surface area contributed by atoms with Crippen LogP contribution in [-0.4, -0.2) is 26.3 Å². The Balaban J connectivity index is 1.53. The van der Waals surface area contributed by atoms with Crippen molar-refractivity contribution < 1.29 is 14.3 Å². The van der Waals surface area contributed by atoms with E-state index >= 15 is 0 Å². The number of benzene rings is 2. The Morgan fingerprint density at radius 1 is 0.968 bits per heavy atom. The lowest BCUT2D eigenvalue weighted by atomic mass is 10.1. The molecule has 3 heterocycles. The quantitative estimate of drug-likeness (QED) is 0.463. The summed E-state index contributed by atoms with van der Waals surface area (Å²) in [4.78, 5) is 26.2. The number of rotatable bonds is 5. The van der Waals surface area contributed by atoms with Gasteiger partial charge in [0.2, 0.25) is 6.79 Å². The van der Waals surface area contributed by atoms with E-state index in [1.165, 1.54) is 0 Å². The maximum absolute atomic E-state index is 13.3. The van der Waals surface area contributed by atoms with Crippen LogP contribution in [0.5, 0.6) is 11.5 Å². The molecule has 0 fully saturated rings. The molecule has 0 N–H and O–H groups in total. The molecule has 0 atom stereocenters. The summed E-state index contributed by atoms with van der Waals surface area (Å²) in [5, 5.41) is 0. The molecule has 4 aromatic rings. The highest BCUT2D eigenvalue weighted by Crippen LogP contribution is 2.35. The fourth-order valence-corrected chi connectivity index (χ4v) is 4.43. The van der Waals surface area contributed by atoms with Gasteiger partial charge in [0.1, 0.15) is 0 Å². The molecule has 0 saturated heterocycles. The van der Waals surface area contributed by atoms with E-state index in [2.05, 4.69) is 0 Å². The van der Waals surface area contributed by atoms with Gasteiger partial charge in [-0.05, 0) is 51.1 Å². The average molecular weight is 417 g/mol. The van der Waals surface area contributed by atoms with Crippen molar-refractivity contribution >= 4 is 16.8 Å². The topological polar surface area (TPSA) is 67.4 Å². The Labute approximate surface area is 179 Å². The number of nitrogens with zero attached hydrogens (tertiary/aromatic N) is 3. The second-order valence-corrected chi connectivity index (χ2v) is 7.68. The largest absolute Gasteiger partial charge is 0.454 e. The molecule has 7 heteroatoms.